The molecule has 0 unspecified atom stereocenters. The van der Waals surface area contributed by atoms with Crippen LogP contribution in [0.4, 0.5) is 5.82 Å². The zero-order valence-electron chi connectivity index (χ0n) is 17.2. The Balaban J connectivity index is 1.32. The van der Waals surface area contributed by atoms with Crippen LogP contribution in [0.15, 0.2) is 48.7 Å². The normalized spacial score (nSPS) is 19.6. The zero-order valence-corrected chi connectivity index (χ0v) is 18.0. The summed E-state index contributed by atoms with van der Waals surface area (Å²) in [5.74, 6) is 1.43. The Morgan fingerprint density at radius 2 is 1.94 bits per heavy atom. The molecule has 5 rings (SSSR count). The summed E-state index contributed by atoms with van der Waals surface area (Å²) in [7, 11) is -3.18. The lowest BCUT2D eigenvalue weighted by Crippen LogP contribution is -2.29. The molecule has 0 bridgehead atoms. The van der Waals surface area contributed by atoms with Crippen molar-refractivity contribution < 1.29 is 17.9 Å². The zero-order chi connectivity index (χ0) is 21.6. The molecule has 1 N–H and O–H groups in total. The number of fused-ring (bicyclic) bond motifs is 1. The molecule has 2 aromatic heterocycles. The third-order valence-corrected chi connectivity index (χ3v) is 7.02. The van der Waals surface area contributed by atoms with E-state index < -0.39 is 10.0 Å². The molecule has 162 valence electrons. The number of ether oxygens (including phenoxy) is 1. The lowest BCUT2D eigenvalue weighted by atomic mass is 10.1. The van der Waals surface area contributed by atoms with Crippen molar-refractivity contribution in [2.75, 3.05) is 24.7 Å². The van der Waals surface area contributed by atoms with E-state index in [4.69, 9.17) is 4.74 Å². The van der Waals surface area contributed by atoms with Crippen molar-refractivity contribution >= 4 is 27.3 Å². The van der Waals surface area contributed by atoms with E-state index in [1.165, 1.54) is 10.6 Å². The molecule has 2 aliphatic rings. The van der Waals surface area contributed by atoms with Gasteiger partial charge in [0.2, 0.25) is 15.9 Å². The molecule has 3 aromatic rings. The molecule has 1 aromatic carbocycles. The fourth-order valence-electron chi connectivity index (χ4n) is 3.90. The standard InChI is InChI=1S/C22H24N4O4S/c1-31(28,29)25-12-10-18(14-25)30-17-8-6-15(7-9-17)19-3-2-11-26-20(19)13-21(24-26)23-22(27)16-4-5-16/h2-3,6-9,11,13,16,18H,4-5,10,12,14H2,1H3,(H,23,24,27)/t18-/m1/s1. The Labute approximate surface area is 180 Å². The predicted molar refractivity (Wildman–Crippen MR) is 117 cm³/mol. The molecular formula is C22H24N4O4S. The number of hydrogen-bond acceptors (Lipinski definition) is 5. The lowest BCUT2D eigenvalue weighted by Gasteiger charge is -2.15. The number of sulfonamides is 1. The van der Waals surface area contributed by atoms with E-state index in [1.54, 1.807) is 4.52 Å². The molecule has 1 aliphatic carbocycles. The van der Waals surface area contributed by atoms with Crippen LogP contribution in [0.5, 0.6) is 5.75 Å². The molecule has 0 spiro atoms. The highest BCUT2D eigenvalue weighted by Crippen LogP contribution is 2.32. The van der Waals surface area contributed by atoms with Gasteiger partial charge in [-0.15, -0.1) is 0 Å². The van der Waals surface area contributed by atoms with Crippen LogP contribution in [-0.4, -0.2) is 53.7 Å². The second-order valence-corrected chi connectivity index (χ2v) is 10.2. The number of amides is 1. The van der Waals surface area contributed by atoms with Crippen molar-refractivity contribution in [3.8, 4) is 16.9 Å². The molecule has 1 amide bonds. The summed E-state index contributed by atoms with van der Waals surface area (Å²) in [5.41, 5.74) is 2.90. The average molecular weight is 441 g/mol. The number of benzene rings is 1. The molecule has 2 fully saturated rings. The Hall–Kier alpha value is -2.91. The maximum atomic E-state index is 12.1. The van der Waals surface area contributed by atoms with Crippen LogP contribution in [0.3, 0.4) is 0 Å². The topological polar surface area (TPSA) is 93.0 Å². The smallest absolute Gasteiger partial charge is 0.228 e. The van der Waals surface area contributed by atoms with E-state index in [2.05, 4.69) is 10.4 Å². The maximum Gasteiger partial charge on any atom is 0.228 e. The summed E-state index contributed by atoms with van der Waals surface area (Å²) in [6.45, 7) is 0.871. The van der Waals surface area contributed by atoms with Crippen LogP contribution in [-0.2, 0) is 14.8 Å². The van der Waals surface area contributed by atoms with Gasteiger partial charge in [-0.1, -0.05) is 18.2 Å². The molecule has 1 aliphatic heterocycles. The second-order valence-electron chi connectivity index (χ2n) is 8.22. The van der Waals surface area contributed by atoms with Gasteiger partial charge in [-0.3, -0.25) is 4.79 Å². The predicted octanol–water partition coefficient (Wildman–Crippen LogP) is 2.76. The van der Waals surface area contributed by atoms with Gasteiger partial charge in [-0.25, -0.2) is 12.9 Å². The van der Waals surface area contributed by atoms with Crippen LogP contribution in [0, 0.1) is 5.92 Å². The minimum Gasteiger partial charge on any atom is -0.489 e. The first-order chi connectivity index (χ1) is 14.9. The van der Waals surface area contributed by atoms with E-state index in [0.29, 0.717) is 31.1 Å². The third kappa shape index (κ3) is 4.28. The van der Waals surface area contributed by atoms with E-state index in [9.17, 15) is 13.2 Å². The Morgan fingerprint density at radius 1 is 1.16 bits per heavy atom. The third-order valence-electron chi connectivity index (χ3n) is 5.75. The first-order valence-corrected chi connectivity index (χ1v) is 12.2. The number of aromatic nitrogens is 2. The number of nitrogens with zero attached hydrogens (tertiary/aromatic N) is 3. The van der Waals surface area contributed by atoms with Gasteiger partial charge in [0.05, 0.1) is 18.3 Å². The Bertz CT molecular complexity index is 1230. The number of pyridine rings is 1. The quantitative estimate of drug-likeness (QED) is 0.636. The van der Waals surface area contributed by atoms with Crippen molar-refractivity contribution in [3.05, 3.63) is 48.7 Å². The second kappa shape index (κ2) is 7.65. The van der Waals surface area contributed by atoms with E-state index in [-0.39, 0.29) is 17.9 Å². The largest absolute Gasteiger partial charge is 0.489 e. The Kier molecular flexibility index (Phi) is 4.94. The minimum absolute atomic E-state index is 0.0350. The average Bonchev–Trinajstić information content (AvgIpc) is 3.34. The minimum atomic E-state index is -3.18. The fraction of sp³-hybridized carbons (Fsp3) is 0.364. The van der Waals surface area contributed by atoms with Crippen LogP contribution < -0.4 is 10.1 Å². The Morgan fingerprint density at radius 3 is 2.61 bits per heavy atom. The summed E-state index contributed by atoms with van der Waals surface area (Å²) in [6.07, 6.45) is 5.52. The summed E-state index contributed by atoms with van der Waals surface area (Å²) < 4.78 is 32.6. The molecule has 8 nitrogen and oxygen atoms in total. The molecule has 0 radical (unpaired) electrons. The first kappa shape index (κ1) is 20.0. The summed E-state index contributed by atoms with van der Waals surface area (Å²) in [6, 6.07) is 13.6. The van der Waals surface area contributed by atoms with Gasteiger partial charge in [0, 0.05) is 30.3 Å². The van der Waals surface area contributed by atoms with Crippen LogP contribution >= 0.6 is 0 Å². The van der Waals surface area contributed by atoms with E-state index in [1.807, 2.05) is 48.7 Å². The highest BCUT2D eigenvalue weighted by Gasteiger charge is 2.30. The summed E-state index contributed by atoms with van der Waals surface area (Å²) in [4.78, 5) is 12.1. The van der Waals surface area contributed by atoms with Gasteiger partial charge >= 0.3 is 0 Å². The highest BCUT2D eigenvalue weighted by atomic mass is 32.2. The molecular weight excluding hydrogens is 416 g/mol. The van der Waals surface area contributed by atoms with Crippen molar-refractivity contribution in [3.63, 3.8) is 0 Å². The van der Waals surface area contributed by atoms with Crippen LogP contribution in [0.2, 0.25) is 0 Å². The first-order valence-electron chi connectivity index (χ1n) is 10.4. The monoisotopic (exact) mass is 440 g/mol. The van der Waals surface area contributed by atoms with Gasteiger partial charge < -0.3 is 10.1 Å². The van der Waals surface area contributed by atoms with Gasteiger partial charge in [-0.2, -0.15) is 9.40 Å². The highest BCUT2D eigenvalue weighted by molar-refractivity contribution is 7.88. The van der Waals surface area contributed by atoms with Crippen molar-refractivity contribution in [2.45, 2.75) is 25.4 Å². The molecule has 9 heteroatoms. The van der Waals surface area contributed by atoms with Gasteiger partial charge in [0.1, 0.15) is 11.9 Å². The summed E-state index contributed by atoms with van der Waals surface area (Å²) >= 11 is 0. The number of anilines is 1. The van der Waals surface area contributed by atoms with Gasteiger partial charge in [-0.05, 0) is 43.0 Å². The fourth-order valence-corrected chi connectivity index (χ4v) is 4.77. The number of carbonyl (C=O) groups is 1. The number of carbonyl (C=O) groups excluding carboxylic acids is 1. The molecule has 1 saturated heterocycles. The van der Waals surface area contributed by atoms with Gasteiger partial charge in [0.25, 0.3) is 0 Å². The van der Waals surface area contributed by atoms with Crippen LogP contribution in [0.1, 0.15) is 19.3 Å². The SMILES string of the molecule is CS(=O)(=O)N1CC[C@@H](Oc2ccc(-c3cccn4nc(NC(=O)C5CC5)cc34)cc2)C1. The molecule has 31 heavy (non-hydrogen) atoms. The molecule has 1 saturated carbocycles. The van der Waals surface area contributed by atoms with Crippen molar-refractivity contribution in [1.82, 2.24) is 13.9 Å². The van der Waals surface area contributed by atoms with Crippen molar-refractivity contribution in [2.24, 2.45) is 5.92 Å². The van der Waals surface area contributed by atoms with E-state index in [0.717, 1.165) is 29.5 Å². The summed E-state index contributed by atoms with van der Waals surface area (Å²) in [5, 5.41) is 7.37. The number of rotatable bonds is 6. The van der Waals surface area contributed by atoms with Crippen LogP contribution in [0.25, 0.3) is 16.6 Å². The number of nitrogens with one attached hydrogen (secondary N) is 1. The number of hydrogen-bond donors (Lipinski definition) is 1. The van der Waals surface area contributed by atoms with Crippen molar-refractivity contribution in [1.29, 1.82) is 0 Å². The molecule has 1 atom stereocenters. The van der Waals surface area contributed by atoms with Gasteiger partial charge in [0.15, 0.2) is 5.82 Å². The lowest BCUT2D eigenvalue weighted by molar-refractivity contribution is -0.117. The van der Waals surface area contributed by atoms with E-state index >= 15 is 0 Å². The molecule has 3 heterocycles. The maximum absolute atomic E-state index is 12.1.